The minimum absolute atomic E-state index is 0.0156. The quantitative estimate of drug-likeness (QED) is 0.398. The third kappa shape index (κ3) is 3.85. The number of H-pyrrole nitrogens is 1. The fourth-order valence-electron chi connectivity index (χ4n) is 2.71. The number of Topliss-reactive ketones (excluding diaryl/α,β-unsaturated/α-hetero) is 1. The fourth-order valence-corrected chi connectivity index (χ4v) is 2.86. The minimum atomic E-state index is -0.504. The second-order valence-electron chi connectivity index (χ2n) is 7.14. The molecule has 3 aromatic rings. The van der Waals surface area contributed by atoms with Crippen molar-refractivity contribution in [3.8, 4) is 11.3 Å². The molecule has 0 unspecified atom stereocenters. The highest BCUT2D eigenvalue weighted by Gasteiger charge is 2.26. The SMILES string of the molecule is CCO/C(=N\Cl)c1cccc(-c2cnc3[nH]cc(C(=O)C(C)(C)C)c3n2)c1. The number of hydrogen-bond acceptors (Lipinski definition) is 5. The second-order valence-corrected chi connectivity index (χ2v) is 7.31. The lowest BCUT2D eigenvalue weighted by Crippen LogP contribution is -2.20. The number of nitrogens with one attached hydrogen (secondary N) is 1. The van der Waals surface area contributed by atoms with E-state index in [4.69, 9.17) is 16.5 Å². The van der Waals surface area contributed by atoms with Gasteiger partial charge in [0, 0.05) is 34.5 Å². The Labute approximate surface area is 162 Å². The molecule has 0 spiro atoms. The summed E-state index contributed by atoms with van der Waals surface area (Å²) in [5, 5.41) is 0. The van der Waals surface area contributed by atoms with Crippen molar-refractivity contribution in [3.05, 3.63) is 47.8 Å². The maximum absolute atomic E-state index is 12.7. The van der Waals surface area contributed by atoms with Crippen molar-refractivity contribution in [2.75, 3.05) is 6.61 Å². The van der Waals surface area contributed by atoms with E-state index in [1.54, 1.807) is 12.4 Å². The number of aromatic amines is 1. The highest BCUT2D eigenvalue weighted by molar-refractivity contribution is 6.21. The van der Waals surface area contributed by atoms with Gasteiger partial charge in [-0.05, 0) is 19.1 Å². The van der Waals surface area contributed by atoms with Crippen LogP contribution in [0, 0.1) is 5.41 Å². The Balaban J connectivity index is 2.07. The molecule has 2 aromatic heterocycles. The number of ether oxygens (including phenoxy) is 1. The molecule has 2 heterocycles. The summed E-state index contributed by atoms with van der Waals surface area (Å²) >= 11 is 5.63. The van der Waals surface area contributed by atoms with Crippen LogP contribution in [0.3, 0.4) is 0 Å². The van der Waals surface area contributed by atoms with Crippen molar-refractivity contribution in [1.82, 2.24) is 15.0 Å². The van der Waals surface area contributed by atoms with Gasteiger partial charge in [0.25, 0.3) is 0 Å². The number of carbonyl (C=O) groups excluding carboxylic acids is 1. The summed E-state index contributed by atoms with van der Waals surface area (Å²) in [6, 6.07) is 7.52. The van der Waals surface area contributed by atoms with Gasteiger partial charge in [0.05, 0.1) is 24.1 Å². The van der Waals surface area contributed by atoms with Crippen LogP contribution >= 0.6 is 11.8 Å². The summed E-state index contributed by atoms with van der Waals surface area (Å²) in [5.41, 5.74) is 3.41. The van der Waals surface area contributed by atoms with Crippen LogP contribution in [0.2, 0.25) is 0 Å². The molecule has 0 aliphatic carbocycles. The summed E-state index contributed by atoms with van der Waals surface area (Å²) in [6.07, 6.45) is 3.34. The Morgan fingerprint density at radius 2 is 2.11 bits per heavy atom. The van der Waals surface area contributed by atoms with Gasteiger partial charge in [0.2, 0.25) is 5.90 Å². The number of carbonyl (C=O) groups is 1. The molecule has 1 N–H and O–H groups in total. The summed E-state index contributed by atoms with van der Waals surface area (Å²) in [6.45, 7) is 7.98. The number of benzene rings is 1. The second kappa shape index (κ2) is 7.48. The third-order valence-electron chi connectivity index (χ3n) is 4.07. The molecule has 3 rings (SSSR count). The van der Waals surface area contributed by atoms with E-state index in [2.05, 4.69) is 19.5 Å². The zero-order valence-corrected chi connectivity index (χ0v) is 16.5. The van der Waals surface area contributed by atoms with Gasteiger partial charge in [-0.2, -0.15) is 0 Å². The summed E-state index contributed by atoms with van der Waals surface area (Å²) in [7, 11) is 0. The lowest BCUT2D eigenvalue weighted by molar-refractivity contribution is 0.0860. The Morgan fingerprint density at radius 1 is 1.33 bits per heavy atom. The number of ketones is 1. The van der Waals surface area contributed by atoms with Crippen LogP contribution in [0.25, 0.3) is 22.4 Å². The molecule has 0 amide bonds. The van der Waals surface area contributed by atoms with Crippen molar-refractivity contribution in [3.63, 3.8) is 0 Å². The van der Waals surface area contributed by atoms with Gasteiger partial charge in [0.15, 0.2) is 11.4 Å². The number of hydrogen-bond donors (Lipinski definition) is 1. The highest BCUT2D eigenvalue weighted by Crippen LogP contribution is 2.27. The lowest BCUT2D eigenvalue weighted by Gasteiger charge is -2.15. The minimum Gasteiger partial charge on any atom is -0.477 e. The molecule has 0 saturated heterocycles. The molecule has 0 aliphatic heterocycles. The van der Waals surface area contributed by atoms with Crippen molar-refractivity contribution >= 4 is 34.6 Å². The van der Waals surface area contributed by atoms with Gasteiger partial charge in [-0.3, -0.25) is 4.79 Å². The van der Waals surface area contributed by atoms with Crippen molar-refractivity contribution in [2.24, 2.45) is 9.93 Å². The molecule has 0 atom stereocenters. The zero-order valence-electron chi connectivity index (χ0n) is 15.7. The molecule has 140 valence electrons. The van der Waals surface area contributed by atoms with E-state index in [1.165, 1.54) is 0 Å². The fraction of sp³-hybridized carbons (Fsp3) is 0.300. The van der Waals surface area contributed by atoms with Gasteiger partial charge < -0.3 is 9.72 Å². The Bertz CT molecular complexity index is 1020. The molecule has 0 fully saturated rings. The van der Waals surface area contributed by atoms with Crippen LogP contribution in [0.4, 0.5) is 0 Å². The van der Waals surface area contributed by atoms with Crippen LogP contribution < -0.4 is 0 Å². The summed E-state index contributed by atoms with van der Waals surface area (Å²) in [4.78, 5) is 24.8. The molecule has 27 heavy (non-hydrogen) atoms. The maximum atomic E-state index is 12.7. The first-order valence-electron chi connectivity index (χ1n) is 8.66. The van der Waals surface area contributed by atoms with Gasteiger partial charge in [-0.1, -0.05) is 32.9 Å². The summed E-state index contributed by atoms with van der Waals surface area (Å²) in [5.74, 6) is 0.363. The first-order valence-corrected chi connectivity index (χ1v) is 9.00. The molecule has 0 radical (unpaired) electrons. The topological polar surface area (TPSA) is 80.2 Å². The van der Waals surface area contributed by atoms with E-state index < -0.39 is 5.41 Å². The lowest BCUT2D eigenvalue weighted by atomic mass is 9.87. The van der Waals surface area contributed by atoms with Crippen LogP contribution in [0.1, 0.15) is 43.6 Å². The normalized spacial score (nSPS) is 12.4. The van der Waals surface area contributed by atoms with Crippen LogP contribution in [0.5, 0.6) is 0 Å². The molecule has 1 aromatic carbocycles. The van der Waals surface area contributed by atoms with Crippen LogP contribution in [0.15, 0.2) is 41.2 Å². The predicted octanol–water partition coefficient (Wildman–Crippen LogP) is 4.79. The predicted molar refractivity (Wildman–Crippen MR) is 107 cm³/mol. The molecule has 6 nitrogen and oxygen atoms in total. The van der Waals surface area contributed by atoms with E-state index in [-0.39, 0.29) is 5.78 Å². The van der Waals surface area contributed by atoms with Gasteiger partial charge in [0.1, 0.15) is 5.52 Å². The van der Waals surface area contributed by atoms with Crippen molar-refractivity contribution in [1.29, 1.82) is 0 Å². The standard InChI is InChI=1S/C20H21ClN4O2/c1-5-27-19(25-21)13-8-6-7-12(9-13)15-11-23-18-16(24-15)14(10-22-18)17(26)20(2,3)4/h6-11H,5H2,1-4H3,(H,22,23)/b25-19-. The average molecular weight is 385 g/mol. The number of aromatic nitrogens is 3. The number of nitrogens with zero attached hydrogens (tertiary/aromatic N) is 3. The van der Waals surface area contributed by atoms with Crippen LogP contribution in [-0.4, -0.2) is 33.2 Å². The zero-order chi connectivity index (χ0) is 19.6. The number of rotatable bonds is 4. The van der Waals surface area contributed by atoms with Gasteiger partial charge >= 0.3 is 0 Å². The molecular weight excluding hydrogens is 364 g/mol. The Kier molecular flexibility index (Phi) is 5.28. The largest absolute Gasteiger partial charge is 0.477 e. The summed E-state index contributed by atoms with van der Waals surface area (Å²) < 4.78 is 9.12. The molecule has 0 bridgehead atoms. The Morgan fingerprint density at radius 3 is 2.78 bits per heavy atom. The van der Waals surface area contributed by atoms with Crippen LogP contribution in [-0.2, 0) is 4.74 Å². The van der Waals surface area contributed by atoms with E-state index in [0.29, 0.717) is 34.9 Å². The molecule has 0 aliphatic rings. The average Bonchev–Trinajstić information content (AvgIpc) is 3.07. The van der Waals surface area contributed by atoms with E-state index >= 15 is 0 Å². The van der Waals surface area contributed by atoms with Gasteiger partial charge in [-0.15, -0.1) is 4.51 Å². The maximum Gasteiger partial charge on any atom is 0.233 e. The van der Waals surface area contributed by atoms with Crippen molar-refractivity contribution in [2.45, 2.75) is 27.7 Å². The van der Waals surface area contributed by atoms with Crippen molar-refractivity contribution < 1.29 is 9.53 Å². The number of halogens is 1. The Hall–Kier alpha value is -2.73. The smallest absolute Gasteiger partial charge is 0.233 e. The monoisotopic (exact) mass is 384 g/mol. The first kappa shape index (κ1) is 19.0. The van der Waals surface area contributed by atoms with E-state index in [1.807, 2.05) is 52.0 Å². The first-order chi connectivity index (χ1) is 12.8. The third-order valence-corrected chi connectivity index (χ3v) is 4.22. The van der Waals surface area contributed by atoms with E-state index in [0.717, 1.165) is 11.1 Å². The van der Waals surface area contributed by atoms with E-state index in [9.17, 15) is 4.79 Å². The highest BCUT2D eigenvalue weighted by atomic mass is 35.5. The molecular formula is C20H21ClN4O2. The molecule has 7 heteroatoms. The number of fused-ring (bicyclic) bond motifs is 1. The van der Waals surface area contributed by atoms with Gasteiger partial charge in [-0.25, -0.2) is 9.97 Å². The molecule has 0 saturated carbocycles.